The molecule has 1 amide bonds. The zero-order valence-corrected chi connectivity index (χ0v) is 16.6. The molecule has 0 radical (unpaired) electrons. The lowest BCUT2D eigenvalue weighted by Gasteiger charge is -2.52. The van der Waals surface area contributed by atoms with Gasteiger partial charge in [-0.3, -0.25) is 4.79 Å². The van der Waals surface area contributed by atoms with Gasteiger partial charge in [-0.05, 0) is 67.8 Å². The average molecular weight is 347 g/mol. The summed E-state index contributed by atoms with van der Waals surface area (Å²) in [5.41, 5.74) is 4.74. The Hall–Kier alpha value is -1.42. The summed E-state index contributed by atoms with van der Waals surface area (Å²) < 4.78 is 0. The molecule has 4 heteroatoms. The van der Waals surface area contributed by atoms with Gasteiger partial charge in [-0.15, -0.1) is 0 Å². The highest BCUT2D eigenvalue weighted by Gasteiger charge is 2.47. The number of rotatable bonds is 4. The molecule has 0 aromatic heterocycles. The van der Waals surface area contributed by atoms with Crippen LogP contribution in [0, 0.1) is 38.0 Å². The third kappa shape index (κ3) is 3.97. The van der Waals surface area contributed by atoms with Gasteiger partial charge < -0.3 is 10.6 Å². The van der Waals surface area contributed by atoms with E-state index in [9.17, 15) is 4.79 Å². The number of carbonyl (C=O) groups excluding carboxylic acids is 1. The molecule has 0 unspecified atom stereocenters. The standard InChI is InChI=1S/C20H30N2OS/c1-7-15-10-16(20(15,5)6)11-17(23)21-19(24)22-18-13(3)8-12(2)9-14(18)4/h8-9,15-16H,7,10-11H2,1-6H3,(H2,21,22,23,24)/t15-,16+/m0/s1. The fourth-order valence-corrected chi connectivity index (χ4v) is 4.30. The zero-order chi connectivity index (χ0) is 18.1. The van der Waals surface area contributed by atoms with Gasteiger partial charge in [0.15, 0.2) is 5.11 Å². The van der Waals surface area contributed by atoms with Crippen molar-refractivity contribution in [2.75, 3.05) is 5.32 Å². The maximum absolute atomic E-state index is 12.3. The van der Waals surface area contributed by atoms with Gasteiger partial charge in [0, 0.05) is 12.1 Å². The molecule has 1 saturated carbocycles. The Morgan fingerprint density at radius 3 is 2.29 bits per heavy atom. The number of hydrogen-bond acceptors (Lipinski definition) is 2. The van der Waals surface area contributed by atoms with E-state index in [1.165, 1.54) is 12.0 Å². The van der Waals surface area contributed by atoms with Gasteiger partial charge in [-0.2, -0.15) is 0 Å². The van der Waals surface area contributed by atoms with Gasteiger partial charge in [0.25, 0.3) is 0 Å². The van der Waals surface area contributed by atoms with Crippen LogP contribution in [0.3, 0.4) is 0 Å². The zero-order valence-electron chi connectivity index (χ0n) is 15.7. The van der Waals surface area contributed by atoms with E-state index in [1.54, 1.807) is 0 Å². The number of amides is 1. The molecule has 0 bridgehead atoms. The summed E-state index contributed by atoms with van der Waals surface area (Å²) in [6.45, 7) is 13.0. The van der Waals surface area contributed by atoms with Gasteiger partial charge in [0.1, 0.15) is 0 Å². The van der Waals surface area contributed by atoms with E-state index in [1.807, 2.05) is 0 Å². The van der Waals surface area contributed by atoms with Crippen molar-refractivity contribution in [3.63, 3.8) is 0 Å². The van der Waals surface area contributed by atoms with Crippen LogP contribution in [0.5, 0.6) is 0 Å². The Kier molecular flexibility index (Phi) is 5.69. The lowest BCUT2D eigenvalue weighted by Crippen LogP contribution is -2.47. The fourth-order valence-electron chi connectivity index (χ4n) is 4.09. The minimum absolute atomic E-state index is 0.0162. The summed E-state index contributed by atoms with van der Waals surface area (Å²) in [5.74, 6) is 1.20. The first kappa shape index (κ1) is 18.9. The van der Waals surface area contributed by atoms with E-state index >= 15 is 0 Å². The molecular formula is C20H30N2OS. The van der Waals surface area contributed by atoms with Gasteiger partial charge in [0.05, 0.1) is 0 Å². The highest BCUT2D eigenvalue weighted by molar-refractivity contribution is 7.80. The first-order valence-corrected chi connectivity index (χ1v) is 9.24. The SMILES string of the molecule is CC[C@H]1C[C@H](CC(=O)NC(=S)Nc2c(C)cc(C)cc2C)C1(C)C. The highest BCUT2D eigenvalue weighted by atomic mass is 32.1. The fraction of sp³-hybridized carbons (Fsp3) is 0.600. The van der Waals surface area contributed by atoms with Crippen LogP contribution in [0.2, 0.25) is 0 Å². The van der Waals surface area contributed by atoms with Crippen molar-refractivity contribution in [2.45, 2.75) is 60.8 Å². The Bertz CT molecular complexity index is 628. The monoisotopic (exact) mass is 346 g/mol. The van der Waals surface area contributed by atoms with E-state index in [0.717, 1.165) is 29.2 Å². The molecule has 0 aliphatic heterocycles. The summed E-state index contributed by atoms with van der Waals surface area (Å²) in [6, 6.07) is 4.23. The maximum atomic E-state index is 12.3. The molecule has 2 N–H and O–H groups in total. The number of hydrogen-bond donors (Lipinski definition) is 2. The second kappa shape index (κ2) is 7.22. The molecule has 0 spiro atoms. The Morgan fingerprint density at radius 1 is 1.21 bits per heavy atom. The van der Waals surface area contributed by atoms with Crippen molar-refractivity contribution in [1.82, 2.24) is 5.32 Å². The Balaban J connectivity index is 1.90. The maximum Gasteiger partial charge on any atom is 0.226 e. The molecule has 24 heavy (non-hydrogen) atoms. The van der Waals surface area contributed by atoms with Crippen LogP contribution in [-0.2, 0) is 4.79 Å². The van der Waals surface area contributed by atoms with E-state index in [-0.39, 0.29) is 11.3 Å². The lowest BCUT2D eigenvalue weighted by atomic mass is 9.53. The Labute approximate surface area is 151 Å². The van der Waals surface area contributed by atoms with Gasteiger partial charge >= 0.3 is 0 Å². The van der Waals surface area contributed by atoms with Crippen LogP contribution in [0.1, 0.15) is 56.7 Å². The molecule has 132 valence electrons. The minimum Gasteiger partial charge on any atom is -0.332 e. The number of benzene rings is 1. The molecule has 3 nitrogen and oxygen atoms in total. The number of anilines is 1. The predicted octanol–water partition coefficient (Wildman–Crippen LogP) is 4.89. The molecule has 0 heterocycles. The van der Waals surface area contributed by atoms with Gasteiger partial charge in [0.2, 0.25) is 5.91 Å². The van der Waals surface area contributed by atoms with E-state index in [0.29, 0.717) is 17.5 Å². The van der Waals surface area contributed by atoms with E-state index < -0.39 is 0 Å². The normalized spacial score (nSPS) is 21.8. The minimum atomic E-state index is 0.0162. The lowest BCUT2D eigenvalue weighted by molar-refractivity contribution is -0.125. The third-order valence-electron chi connectivity index (χ3n) is 5.77. The molecule has 1 aliphatic rings. The van der Waals surface area contributed by atoms with E-state index in [4.69, 9.17) is 12.2 Å². The molecule has 1 fully saturated rings. The van der Waals surface area contributed by atoms with Crippen LogP contribution < -0.4 is 10.6 Å². The first-order chi connectivity index (χ1) is 11.1. The summed E-state index contributed by atoms with van der Waals surface area (Å²) in [6.07, 6.45) is 2.89. The van der Waals surface area contributed by atoms with Gasteiger partial charge in [-0.25, -0.2) is 0 Å². The van der Waals surface area contributed by atoms with Crippen LogP contribution in [0.4, 0.5) is 5.69 Å². The number of thiocarbonyl (C=S) groups is 1. The van der Waals surface area contributed by atoms with Crippen molar-refractivity contribution < 1.29 is 4.79 Å². The summed E-state index contributed by atoms with van der Waals surface area (Å²) in [5, 5.41) is 6.42. The van der Waals surface area contributed by atoms with Crippen molar-refractivity contribution in [3.05, 3.63) is 28.8 Å². The average Bonchev–Trinajstić information content (AvgIpc) is 2.46. The smallest absolute Gasteiger partial charge is 0.226 e. The van der Waals surface area contributed by atoms with Crippen molar-refractivity contribution >= 4 is 28.9 Å². The van der Waals surface area contributed by atoms with Crippen LogP contribution in [-0.4, -0.2) is 11.0 Å². The summed E-state index contributed by atoms with van der Waals surface area (Å²) >= 11 is 5.33. The first-order valence-electron chi connectivity index (χ1n) is 8.83. The van der Waals surface area contributed by atoms with Gasteiger partial charge in [-0.1, -0.05) is 44.9 Å². The van der Waals surface area contributed by atoms with Crippen molar-refractivity contribution in [3.8, 4) is 0 Å². The highest BCUT2D eigenvalue weighted by Crippen LogP contribution is 2.54. The third-order valence-corrected chi connectivity index (χ3v) is 5.97. The topological polar surface area (TPSA) is 41.1 Å². The molecule has 1 aliphatic carbocycles. The molecule has 0 saturated heterocycles. The Morgan fingerprint density at radius 2 is 1.79 bits per heavy atom. The number of carbonyl (C=O) groups is 1. The largest absolute Gasteiger partial charge is 0.332 e. The second-order valence-corrected chi connectivity index (χ2v) is 8.25. The summed E-state index contributed by atoms with van der Waals surface area (Å²) in [7, 11) is 0. The molecule has 1 aromatic carbocycles. The van der Waals surface area contributed by atoms with Crippen LogP contribution in [0.15, 0.2) is 12.1 Å². The molecule has 2 rings (SSSR count). The molecule has 1 aromatic rings. The quantitative estimate of drug-likeness (QED) is 0.763. The van der Waals surface area contributed by atoms with Crippen molar-refractivity contribution in [1.29, 1.82) is 0 Å². The van der Waals surface area contributed by atoms with Crippen LogP contribution >= 0.6 is 12.2 Å². The molecule has 2 atom stereocenters. The van der Waals surface area contributed by atoms with E-state index in [2.05, 4.69) is 64.3 Å². The molecular weight excluding hydrogens is 316 g/mol. The number of nitrogens with one attached hydrogen (secondary N) is 2. The van der Waals surface area contributed by atoms with Crippen molar-refractivity contribution in [2.24, 2.45) is 17.3 Å². The van der Waals surface area contributed by atoms with Crippen LogP contribution in [0.25, 0.3) is 0 Å². The second-order valence-electron chi connectivity index (χ2n) is 7.84. The number of aryl methyl sites for hydroxylation is 3. The summed E-state index contributed by atoms with van der Waals surface area (Å²) in [4.78, 5) is 12.3. The predicted molar refractivity (Wildman–Crippen MR) is 105 cm³/mol.